The summed E-state index contributed by atoms with van der Waals surface area (Å²) in [5.74, 6) is 0.576. The summed E-state index contributed by atoms with van der Waals surface area (Å²) in [7, 11) is 0. The topological polar surface area (TPSA) is 17.1 Å². The van der Waals surface area contributed by atoms with Crippen molar-refractivity contribution < 1.29 is 4.79 Å². The third kappa shape index (κ3) is 2.15. The van der Waals surface area contributed by atoms with Gasteiger partial charge >= 0.3 is 0 Å². The minimum Gasteiger partial charge on any atom is -0.294 e. The van der Waals surface area contributed by atoms with Crippen molar-refractivity contribution in [2.24, 2.45) is 5.92 Å². The summed E-state index contributed by atoms with van der Waals surface area (Å²) >= 11 is 3.43. The average molecular weight is 267 g/mol. The molecule has 0 saturated heterocycles. The molecule has 1 nitrogen and oxygen atoms in total. The van der Waals surface area contributed by atoms with Gasteiger partial charge in [-0.05, 0) is 43.4 Å². The van der Waals surface area contributed by atoms with Gasteiger partial charge in [0.15, 0.2) is 5.78 Å². The van der Waals surface area contributed by atoms with Crippen molar-refractivity contribution >= 4 is 21.7 Å². The van der Waals surface area contributed by atoms with Gasteiger partial charge in [0.05, 0.1) is 0 Å². The summed E-state index contributed by atoms with van der Waals surface area (Å²) in [5, 5.41) is 0. The predicted octanol–water partition coefficient (Wildman–Crippen LogP) is 3.99. The second kappa shape index (κ2) is 4.48. The van der Waals surface area contributed by atoms with Crippen LogP contribution in [0.3, 0.4) is 0 Å². The van der Waals surface area contributed by atoms with Crippen molar-refractivity contribution in [3.05, 3.63) is 33.8 Å². The van der Waals surface area contributed by atoms with Gasteiger partial charge in [0.2, 0.25) is 0 Å². The van der Waals surface area contributed by atoms with Crippen molar-refractivity contribution in [3.63, 3.8) is 0 Å². The Hall–Kier alpha value is -0.630. The Bertz CT molecular complexity index is 384. The van der Waals surface area contributed by atoms with E-state index in [1.165, 1.54) is 5.56 Å². The minimum absolute atomic E-state index is 0.237. The summed E-state index contributed by atoms with van der Waals surface area (Å²) in [6.07, 6.45) is 4.19. The molecule has 0 radical (unpaired) electrons. The van der Waals surface area contributed by atoms with Crippen LogP contribution in [0.15, 0.2) is 22.7 Å². The molecule has 80 valence electrons. The largest absolute Gasteiger partial charge is 0.294 e. The second-order valence-electron chi connectivity index (χ2n) is 4.16. The number of benzene rings is 1. The molecule has 1 atom stereocenters. The molecule has 0 fully saturated rings. The van der Waals surface area contributed by atoms with Crippen LogP contribution in [-0.2, 0) is 6.42 Å². The lowest BCUT2D eigenvalue weighted by atomic mass is 9.93. The molecular formula is C13H15BrO. The maximum absolute atomic E-state index is 12.2. The van der Waals surface area contributed by atoms with Gasteiger partial charge in [-0.3, -0.25) is 4.79 Å². The Kier molecular flexibility index (Phi) is 3.25. The molecule has 0 spiro atoms. The quantitative estimate of drug-likeness (QED) is 0.703. The molecule has 1 aliphatic carbocycles. The Labute approximate surface area is 99.0 Å². The molecule has 0 bridgehead atoms. The van der Waals surface area contributed by atoms with Crippen molar-refractivity contribution in [2.45, 2.75) is 32.6 Å². The zero-order chi connectivity index (χ0) is 10.8. The lowest BCUT2D eigenvalue weighted by Crippen LogP contribution is -2.12. The number of Topliss-reactive ketones (excluding diaryl/α,β-unsaturated/α-hetero) is 1. The first-order chi connectivity index (χ1) is 7.22. The summed E-state index contributed by atoms with van der Waals surface area (Å²) in [5.41, 5.74) is 2.16. The lowest BCUT2D eigenvalue weighted by molar-refractivity contribution is 0.0912. The van der Waals surface area contributed by atoms with E-state index in [0.29, 0.717) is 5.78 Å². The van der Waals surface area contributed by atoms with E-state index in [0.717, 1.165) is 35.7 Å². The fourth-order valence-corrected chi connectivity index (χ4v) is 2.64. The molecule has 1 aliphatic rings. The summed E-state index contributed by atoms with van der Waals surface area (Å²) in [6.45, 7) is 2.10. The van der Waals surface area contributed by atoms with Gasteiger partial charge in [0.25, 0.3) is 0 Å². The van der Waals surface area contributed by atoms with Crippen LogP contribution in [0.25, 0.3) is 0 Å². The number of fused-ring (bicyclic) bond motifs is 1. The number of carbonyl (C=O) groups excluding carboxylic acids is 1. The van der Waals surface area contributed by atoms with E-state index < -0.39 is 0 Å². The number of hydrogen-bond acceptors (Lipinski definition) is 1. The van der Waals surface area contributed by atoms with E-state index in [-0.39, 0.29) is 5.92 Å². The van der Waals surface area contributed by atoms with Gasteiger partial charge in [-0.2, -0.15) is 0 Å². The third-order valence-electron chi connectivity index (χ3n) is 3.20. The van der Waals surface area contributed by atoms with Crippen LogP contribution >= 0.6 is 15.9 Å². The van der Waals surface area contributed by atoms with Crippen LogP contribution in [0.1, 0.15) is 42.1 Å². The fourth-order valence-electron chi connectivity index (χ4n) is 2.28. The molecule has 0 N–H and O–H groups in total. The molecule has 0 amide bonds. The van der Waals surface area contributed by atoms with E-state index in [1.807, 2.05) is 12.1 Å². The molecule has 1 aromatic carbocycles. The average Bonchev–Trinajstić information content (AvgIpc) is 2.39. The summed E-state index contributed by atoms with van der Waals surface area (Å²) in [6, 6.07) is 6.08. The van der Waals surface area contributed by atoms with Crippen LogP contribution in [-0.4, -0.2) is 5.78 Å². The van der Waals surface area contributed by atoms with E-state index in [2.05, 4.69) is 28.9 Å². The molecule has 0 aromatic heterocycles. The predicted molar refractivity (Wildman–Crippen MR) is 65.2 cm³/mol. The Morgan fingerprint density at radius 3 is 3.00 bits per heavy atom. The minimum atomic E-state index is 0.237. The number of carbonyl (C=O) groups is 1. The highest BCUT2D eigenvalue weighted by Gasteiger charge is 2.23. The summed E-state index contributed by atoms with van der Waals surface area (Å²) in [4.78, 5) is 12.2. The number of halogens is 1. The van der Waals surface area contributed by atoms with Crippen LogP contribution in [0.5, 0.6) is 0 Å². The van der Waals surface area contributed by atoms with Crippen molar-refractivity contribution in [3.8, 4) is 0 Å². The normalized spacial score (nSPS) is 20.9. The van der Waals surface area contributed by atoms with Gasteiger partial charge in [0.1, 0.15) is 0 Å². The molecule has 0 heterocycles. The molecule has 2 rings (SSSR count). The SMILES string of the molecule is CCC1CCCc2ccc(Br)cc2C1=O. The molecule has 2 heteroatoms. The molecule has 1 unspecified atom stereocenters. The number of rotatable bonds is 1. The molecule has 15 heavy (non-hydrogen) atoms. The van der Waals surface area contributed by atoms with Crippen LogP contribution < -0.4 is 0 Å². The van der Waals surface area contributed by atoms with E-state index in [4.69, 9.17) is 0 Å². The number of ketones is 1. The first-order valence-electron chi connectivity index (χ1n) is 5.55. The molecule has 0 aliphatic heterocycles. The number of aryl methyl sites for hydroxylation is 1. The Balaban J connectivity index is 2.44. The molecular weight excluding hydrogens is 252 g/mol. The van der Waals surface area contributed by atoms with Crippen molar-refractivity contribution in [2.75, 3.05) is 0 Å². The van der Waals surface area contributed by atoms with E-state index in [9.17, 15) is 4.79 Å². The van der Waals surface area contributed by atoms with Crippen LogP contribution in [0.4, 0.5) is 0 Å². The van der Waals surface area contributed by atoms with E-state index >= 15 is 0 Å². The molecule has 0 saturated carbocycles. The highest BCUT2D eigenvalue weighted by atomic mass is 79.9. The highest BCUT2D eigenvalue weighted by Crippen LogP contribution is 2.28. The monoisotopic (exact) mass is 266 g/mol. The molecule has 1 aromatic rings. The maximum atomic E-state index is 12.2. The van der Waals surface area contributed by atoms with Gasteiger partial charge in [0, 0.05) is 16.0 Å². The smallest absolute Gasteiger partial charge is 0.166 e. The highest BCUT2D eigenvalue weighted by molar-refractivity contribution is 9.10. The second-order valence-corrected chi connectivity index (χ2v) is 5.08. The van der Waals surface area contributed by atoms with Crippen molar-refractivity contribution in [1.29, 1.82) is 0 Å². The third-order valence-corrected chi connectivity index (χ3v) is 3.69. The first-order valence-corrected chi connectivity index (χ1v) is 6.34. The van der Waals surface area contributed by atoms with Gasteiger partial charge in [-0.15, -0.1) is 0 Å². The van der Waals surface area contributed by atoms with Gasteiger partial charge < -0.3 is 0 Å². The van der Waals surface area contributed by atoms with Crippen LogP contribution in [0.2, 0.25) is 0 Å². The van der Waals surface area contributed by atoms with E-state index in [1.54, 1.807) is 0 Å². The zero-order valence-corrected chi connectivity index (χ0v) is 10.5. The van der Waals surface area contributed by atoms with Crippen molar-refractivity contribution in [1.82, 2.24) is 0 Å². The zero-order valence-electron chi connectivity index (χ0n) is 8.92. The Morgan fingerprint density at radius 1 is 1.47 bits per heavy atom. The first kappa shape index (κ1) is 10.9. The number of hydrogen-bond donors (Lipinski definition) is 0. The van der Waals surface area contributed by atoms with Gasteiger partial charge in [-0.25, -0.2) is 0 Å². The fraction of sp³-hybridized carbons (Fsp3) is 0.462. The Morgan fingerprint density at radius 2 is 2.27 bits per heavy atom. The standard InChI is InChI=1S/C13H15BrO/c1-2-9-4-3-5-10-6-7-11(14)8-12(10)13(9)15/h6-9H,2-5H2,1H3. The van der Waals surface area contributed by atoms with Crippen LogP contribution in [0, 0.1) is 5.92 Å². The summed E-state index contributed by atoms with van der Waals surface area (Å²) < 4.78 is 1.01. The van der Waals surface area contributed by atoms with Gasteiger partial charge in [-0.1, -0.05) is 28.9 Å². The lowest BCUT2D eigenvalue weighted by Gasteiger charge is -2.10. The maximum Gasteiger partial charge on any atom is 0.166 e.